The Labute approximate surface area is 116 Å². The Bertz CT molecular complexity index is 442. The van der Waals surface area contributed by atoms with Crippen LogP contribution in [0.1, 0.15) is 43.5 Å². The van der Waals surface area contributed by atoms with E-state index in [4.69, 9.17) is 9.47 Å². The fraction of sp³-hybridized carbons (Fsp3) is 0.625. The van der Waals surface area contributed by atoms with E-state index in [9.17, 15) is 0 Å². The Balaban J connectivity index is 1.89. The van der Waals surface area contributed by atoms with Crippen LogP contribution in [0.4, 0.5) is 0 Å². The molecule has 3 nitrogen and oxygen atoms in total. The number of benzene rings is 1. The van der Waals surface area contributed by atoms with Gasteiger partial charge in [-0.15, -0.1) is 0 Å². The molecule has 3 heteroatoms. The molecule has 1 saturated heterocycles. The molecule has 1 aliphatic rings. The average Bonchev–Trinajstić information content (AvgIpc) is 2.66. The van der Waals surface area contributed by atoms with Crippen LogP contribution in [-0.2, 0) is 9.47 Å². The van der Waals surface area contributed by atoms with Crippen LogP contribution in [0.25, 0.3) is 0 Å². The molecule has 0 radical (unpaired) electrons. The first kappa shape index (κ1) is 14.5. The van der Waals surface area contributed by atoms with E-state index < -0.39 is 5.79 Å². The van der Waals surface area contributed by atoms with E-state index in [2.05, 4.69) is 44.3 Å². The van der Waals surface area contributed by atoms with Gasteiger partial charge in [-0.05, 0) is 45.7 Å². The molecule has 1 aromatic rings. The minimum absolute atomic E-state index is 0.142. The number of nitrogens with one attached hydrogen (secondary N) is 1. The predicted molar refractivity (Wildman–Crippen MR) is 77.2 cm³/mol. The fourth-order valence-corrected chi connectivity index (χ4v) is 2.59. The second-order valence-electron chi connectivity index (χ2n) is 5.94. The summed E-state index contributed by atoms with van der Waals surface area (Å²) in [6.07, 6.45) is 0.142. The standard InChI is InChI=1S/C16H25NO2/c1-11-6-7-15(12(2)8-11)13(3)17-9-14-10-18-16(4,5)19-14/h6-8,13-14,17H,9-10H2,1-5H3. The molecule has 2 atom stereocenters. The maximum atomic E-state index is 5.80. The molecule has 2 rings (SSSR count). The van der Waals surface area contributed by atoms with E-state index >= 15 is 0 Å². The molecule has 0 saturated carbocycles. The van der Waals surface area contributed by atoms with Gasteiger partial charge in [0.05, 0.1) is 12.7 Å². The molecule has 1 aromatic carbocycles. The Kier molecular flexibility index (Phi) is 4.29. The molecule has 0 aliphatic carbocycles. The average molecular weight is 263 g/mol. The van der Waals surface area contributed by atoms with Crippen LogP contribution in [0.5, 0.6) is 0 Å². The first-order valence-electron chi connectivity index (χ1n) is 7.00. The third-order valence-corrected chi connectivity index (χ3v) is 3.61. The molecular formula is C16H25NO2. The molecule has 106 valence electrons. The summed E-state index contributed by atoms with van der Waals surface area (Å²) in [7, 11) is 0. The van der Waals surface area contributed by atoms with Gasteiger partial charge in [0.2, 0.25) is 0 Å². The van der Waals surface area contributed by atoms with Crippen molar-refractivity contribution in [2.24, 2.45) is 0 Å². The Morgan fingerprint density at radius 3 is 2.68 bits per heavy atom. The highest BCUT2D eigenvalue weighted by Gasteiger charge is 2.32. The predicted octanol–water partition coefficient (Wildman–Crippen LogP) is 3.11. The summed E-state index contributed by atoms with van der Waals surface area (Å²) in [4.78, 5) is 0. The van der Waals surface area contributed by atoms with Crippen LogP contribution in [0.3, 0.4) is 0 Å². The van der Waals surface area contributed by atoms with E-state index in [1.54, 1.807) is 0 Å². The molecule has 1 heterocycles. The molecular weight excluding hydrogens is 238 g/mol. The zero-order valence-electron chi connectivity index (χ0n) is 12.6. The smallest absolute Gasteiger partial charge is 0.163 e. The van der Waals surface area contributed by atoms with Gasteiger partial charge >= 0.3 is 0 Å². The monoisotopic (exact) mass is 263 g/mol. The van der Waals surface area contributed by atoms with Gasteiger partial charge in [-0.3, -0.25) is 0 Å². The van der Waals surface area contributed by atoms with Gasteiger partial charge in [-0.1, -0.05) is 23.8 Å². The zero-order valence-corrected chi connectivity index (χ0v) is 12.6. The molecule has 1 N–H and O–H groups in total. The van der Waals surface area contributed by atoms with Crippen LogP contribution in [0, 0.1) is 13.8 Å². The second kappa shape index (κ2) is 5.61. The van der Waals surface area contributed by atoms with Crippen LogP contribution in [0.15, 0.2) is 18.2 Å². The van der Waals surface area contributed by atoms with Crippen LogP contribution < -0.4 is 5.32 Å². The number of hydrogen-bond donors (Lipinski definition) is 1. The Morgan fingerprint density at radius 2 is 2.11 bits per heavy atom. The summed E-state index contributed by atoms with van der Waals surface area (Å²) in [6.45, 7) is 11.9. The highest BCUT2D eigenvalue weighted by atomic mass is 16.7. The highest BCUT2D eigenvalue weighted by molar-refractivity contribution is 5.32. The number of ether oxygens (including phenoxy) is 2. The fourth-order valence-electron chi connectivity index (χ4n) is 2.59. The molecule has 2 unspecified atom stereocenters. The number of aryl methyl sites for hydroxylation is 2. The SMILES string of the molecule is Cc1ccc(C(C)NCC2COC(C)(C)O2)c(C)c1. The number of rotatable bonds is 4. The lowest BCUT2D eigenvalue weighted by Crippen LogP contribution is -2.32. The second-order valence-corrected chi connectivity index (χ2v) is 5.94. The van der Waals surface area contributed by atoms with E-state index in [1.807, 2.05) is 13.8 Å². The third-order valence-electron chi connectivity index (χ3n) is 3.61. The third kappa shape index (κ3) is 3.78. The van der Waals surface area contributed by atoms with Crippen molar-refractivity contribution in [2.75, 3.05) is 13.2 Å². The first-order valence-corrected chi connectivity index (χ1v) is 7.00. The van der Waals surface area contributed by atoms with Gasteiger partial charge in [0.25, 0.3) is 0 Å². The maximum Gasteiger partial charge on any atom is 0.163 e. The van der Waals surface area contributed by atoms with Gasteiger partial charge in [-0.2, -0.15) is 0 Å². The first-order chi connectivity index (χ1) is 8.87. The molecule has 0 amide bonds. The van der Waals surface area contributed by atoms with Gasteiger partial charge in [0.15, 0.2) is 5.79 Å². The highest BCUT2D eigenvalue weighted by Crippen LogP contribution is 2.23. The molecule has 19 heavy (non-hydrogen) atoms. The molecule has 0 aromatic heterocycles. The summed E-state index contributed by atoms with van der Waals surface area (Å²) < 4.78 is 11.4. The summed E-state index contributed by atoms with van der Waals surface area (Å²) in [5, 5.41) is 3.53. The van der Waals surface area contributed by atoms with E-state index in [0.717, 1.165) is 6.54 Å². The van der Waals surface area contributed by atoms with Crippen molar-refractivity contribution in [3.8, 4) is 0 Å². The maximum absolute atomic E-state index is 5.80. The molecule has 1 aliphatic heterocycles. The molecule has 0 spiro atoms. The molecule has 0 bridgehead atoms. The van der Waals surface area contributed by atoms with Gasteiger partial charge < -0.3 is 14.8 Å². The van der Waals surface area contributed by atoms with Gasteiger partial charge in [0.1, 0.15) is 0 Å². The molecule has 1 fully saturated rings. The lowest BCUT2D eigenvalue weighted by Gasteiger charge is -2.20. The minimum Gasteiger partial charge on any atom is -0.348 e. The lowest BCUT2D eigenvalue weighted by atomic mass is 10.0. The van der Waals surface area contributed by atoms with Crippen molar-refractivity contribution in [3.63, 3.8) is 0 Å². The van der Waals surface area contributed by atoms with Crippen molar-refractivity contribution < 1.29 is 9.47 Å². The zero-order chi connectivity index (χ0) is 14.0. The van der Waals surface area contributed by atoms with E-state index in [1.165, 1.54) is 16.7 Å². The van der Waals surface area contributed by atoms with Crippen LogP contribution in [0.2, 0.25) is 0 Å². The normalized spacial score (nSPS) is 23.5. The van der Waals surface area contributed by atoms with Crippen molar-refractivity contribution >= 4 is 0 Å². The van der Waals surface area contributed by atoms with Crippen LogP contribution >= 0.6 is 0 Å². The largest absolute Gasteiger partial charge is 0.348 e. The van der Waals surface area contributed by atoms with Crippen molar-refractivity contribution in [1.82, 2.24) is 5.32 Å². The van der Waals surface area contributed by atoms with E-state index in [-0.39, 0.29) is 6.10 Å². The minimum atomic E-state index is -0.435. The Morgan fingerprint density at radius 1 is 1.37 bits per heavy atom. The van der Waals surface area contributed by atoms with Crippen molar-refractivity contribution in [1.29, 1.82) is 0 Å². The van der Waals surface area contributed by atoms with E-state index in [0.29, 0.717) is 12.6 Å². The lowest BCUT2D eigenvalue weighted by molar-refractivity contribution is -0.137. The summed E-state index contributed by atoms with van der Waals surface area (Å²) in [6, 6.07) is 6.93. The Hall–Kier alpha value is -0.900. The number of hydrogen-bond acceptors (Lipinski definition) is 3. The van der Waals surface area contributed by atoms with Crippen LogP contribution in [-0.4, -0.2) is 25.0 Å². The quantitative estimate of drug-likeness (QED) is 0.905. The topological polar surface area (TPSA) is 30.5 Å². The summed E-state index contributed by atoms with van der Waals surface area (Å²) in [5.41, 5.74) is 4.00. The van der Waals surface area contributed by atoms with Crippen molar-refractivity contribution in [2.45, 2.75) is 52.6 Å². The summed E-state index contributed by atoms with van der Waals surface area (Å²) in [5.74, 6) is -0.435. The van der Waals surface area contributed by atoms with Gasteiger partial charge in [-0.25, -0.2) is 0 Å². The summed E-state index contributed by atoms with van der Waals surface area (Å²) >= 11 is 0. The van der Waals surface area contributed by atoms with Crippen molar-refractivity contribution in [3.05, 3.63) is 34.9 Å². The van der Waals surface area contributed by atoms with Gasteiger partial charge in [0, 0.05) is 12.6 Å².